The highest BCUT2D eigenvalue weighted by Crippen LogP contribution is 2.33. The van der Waals surface area contributed by atoms with E-state index in [1.54, 1.807) is 0 Å². The van der Waals surface area contributed by atoms with E-state index in [2.05, 4.69) is 0 Å². The maximum atomic E-state index is 13.9. The van der Waals surface area contributed by atoms with Crippen LogP contribution in [-0.4, -0.2) is 29.2 Å². The Hall–Kier alpha value is -1.76. The van der Waals surface area contributed by atoms with Gasteiger partial charge in [-0.25, -0.2) is 8.78 Å². The Morgan fingerprint density at radius 3 is 2.30 bits per heavy atom. The largest absolute Gasteiger partial charge is 0.388 e. The normalized spacial score (nSPS) is 17.2. The smallest absolute Gasteiger partial charge is 0.275 e. The molecule has 0 unspecified atom stereocenters. The lowest BCUT2D eigenvalue weighted by molar-refractivity contribution is -0.385. The van der Waals surface area contributed by atoms with Gasteiger partial charge in [0.2, 0.25) is 0 Å². The minimum absolute atomic E-state index is 0.0959. The van der Waals surface area contributed by atoms with Crippen molar-refractivity contribution in [1.29, 1.82) is 0 Å². The van der Waals surface area contributed by atoms with Crippen molar-refractivity contribution in [2.24, 2.45) is 0 Å². The fourth-order valence-electron chi connectivity index (χ4n) is 2.73. The molecule has 0 atom stereocenters. The quantitative estimate of drug-likeness (QED) is 0.682. The second-order valence-corrected chi connectivity index (χ2v) is 5.30. The first-order valence-corrected chi connectivity index (χ1v) is 6.39. The van der Waals surface area contributed by atoms with Gasteiger partial charge in [0.15, 0.2) is 11.6 Å². The van der Waals surface area contributed by atoms with Crippen molar-refractivity contribution >= 4 is 11.4 Å². The molecular formula is C13H16F2N2O3. The van der Waals surface area contributed by atoms with Gasteiger partial charge >= 0.3 is 0 Å². The summed E-state index contributed by atoms with van der Waals surface area (Å²) in [6.07, 6.45) is 2.95. The summed E-state index contributed by atoms with van der Waals surface area (Å²) in [6, 6.07) is 1.38. The Balaban J connectivity index is 2.25. The molecule has 1 aliphatic carbocycles. The molecule has 1 aliphatic rings. The third-order valence-corrected chi connectivity index (χ3v) is 3.66. The summed E-state index contributed by atoms with van der Waals surface area (Å²) in [6.45, 7) is 0.0959. The zero-order valence-electron chi connectivity index (χ0n) is 11.1. The van der Waals surface area contributed by atoms with Crippen molar-refractivity contribution in [3.8, 4) is 0 Å². The molecule has 7 heteroatoms. The first-order chi connectivity index (χ1) is 9.32. The van der Waals surface area contributed by atoms with Gasteiger partial charge in [-0.15, -0.1) is 0 Å². The lowest BCUT2D eigenvalue weighted by Gasteiger charge is -2.30. The molecule has 0 heterocycles. The predicted octanol–water partition coefficient (Wildman–Crippen LogP) is 2.61. The summed E-state index contributed by atoms with van der Waals surface area (Å²) >= 11 is 0. The molecule has 0 spiro atoms. The van der Waals surface area contributed by atoms with Gasteiger partial charge in [-0.3, -0.25) is 10.1 Å². The fourth-order valence-corrected chi connectivity index (χ4v) is 2.73. The van der Waals surface area contributed by atoms with Crippen LogP contribution < -0.4 is 4.90 Å². The van der Waals surface area contributed by atoms with Gasteiger partial charge in [0.25, 0.3) is 5.69 Å². The van der Waals surface area contributed by atoms with Gasteiger partial charge < -0.3 is 10.0 Å². The van der Waals surface area contributed by atoms with Gasteiger partial charge in [0.1, 0.15) is 5.69 Å². The predicted molar refractivity (Wildman–Crippen MR) is 69.7 cm³/mol. The number of hydrogen-bond donors (Lipinski definition) is 1. The highest BCUT2D eigenvalue weighted by Gasteiger charge is 2.33. The molecule has 0 aliphatic heterocycles. The van der Waals surface area contributed by atoms with E-state index in [0.717, 1.165) is 12.8 Å². The second kappa shape index (κ2) is 5.32. The molecule has 1 aromatic rings. The van der Waals surface area contributed by atoms with Crippen molar-refractivity contribution in [2.45, 2.75) is 31.3 Å². The van der Waals surface area contributed by atoms with Crippen LogP contribution in [0.3, 0.4) is 0 Å². The SMILES string of the molecule is CN(CC1(O)CCCC1)c1c(F)cc([N+](=O)[O-])cc1F. The van der Waals surface area contributed by atoms with E-state index in [0.29, 0.717) is 25.0 Å². The zero-order valence-corrected chi connectivity index (χ0v) is 11.1. The van der Waals surface area contributed by atoms with E-state index < -0.39 is 27.8 Å². The fraction of sp³-hybridized carbons (Fsp3) is 0.538. The van der Waals surface area contributed by atoms with Crippen LogP contribution in [0.5, 0.6) is 0 Å². The molecule has 20 heavy (non-hydrogen) atoms. The van der Waals surface area contributed by atoms with Gasteiger partial charge in [-0.1, -0.05) is 12.8 Å². The van der Waals surface area contributed by atoms with E-state index in [-0.39, 0.29) is 12.2 Å². The molecule has 0 saturated heterocycles. The zero-order chi connectivity index (χ0) is 14.9. The summed E-state index contributed by atoms with van der Waals surface area (Å²) in [4.78, 5) is 11.0. The van der Waals surface area contributed by atoms with Crippen LogP contribution in [0.25, 0.3) is 0 Å². The third-order valence-electron chi connectivity index (χ3n) is 3.66. The Labute approximate surface area is 115 Å². The number of benzene rings is 1. The molecule has 1 N–H and O–H groups in total. The van der Waals surface area contributed by atoms with E-state index in [4.69, 9.17) is 0 Å². The maximum absolute atomic E-state index is 13.9. The monoisotopic (exact) mass is 286 g/mol. The molecule has 1 fully saturated rings. The number of nitro benzene ring substituents is 1. The average Bonchev–Trinajstić information content (AvgIpc) is 2.74. The Morgan fingerprint density at radius 2 is 1.85 bits per heavy atom. The van der Waals surface area contributed by atoms with Crippen molar-refractivity contribution in [3.63, 3.8) is 0 Å². The van der Waals surface area contributed by atoms with Gasteiger partial charge in [-0.05, 0) is 12.8 Å². The van der Waals surface area contributed by atoms with Crippen LogP contribution >= 0.6 is 0 Å². The molecule has 110 valence electrons. The van der Waals surface area contributed by atoms with Crippen LogP contribution in [0.4, 0.5) is 20.2 Å². The van der Waals surface area contributed by atoms with Crippen molar-refractivity contribution in [3.05, 3.63) is 33.9 Å². The lowest BCUT2D eigenvalue weighted by Crippen LogP contribution is -2.39. The van der Waals surface area contributed by atoms with Crippen molar-refractivity contribution < 1.29 is 18.8 Å². The van der Waals surface area contributed by atoms with E-state index >= 15 is 0 Å². The minimum atomic E-state index is -0.999. The first-order valence-electron chi connectivity index (χ1n) is 6.39. The molecule has 0 bridgehead atoms. The summed E-state index contributed by atoms with van der Waals surface area (Å²) in [5.41, 5.74) is -1.93. The number of nitro groups is 1. The summed E-state index contributed by atoms with van der Waals surface area (Å²) < 4.78 is 27.7. The topological polar surface area (TPSA) is 66.6 Å². The summed E-state index contributed by atoms with van der Waals surface area (Å²) in [7, 11) is 1.46. The molecular weight excluding hydrogens is 270 g/mol. The van der Waals surface area contributed by atoms with Crippen LogP contribution in [0, 0.1) is 21.7 Å². The Kier molecular flexibility index (Phi) is 3.89. The molecule has 0 amide bonds. The molecule has 0 aromatic heterocycles. The molecule has 2 rings (SSSR count). The Bertz CT molecular complexity index is 507. The van der Waals surface area contributed by atoms with Crippen LogP contribution in [0.2, 0.25) is 0 Å². The van der Waals surface area contributed by atoms with Crippen LogP contribution in [0.15, 0.2) is 12.1 Å². The number of nitrogens with zero attached hydrogens (tertiary/aromatic N) is 2. The third kappa shape index (κ3) is 2.87. The molecule has 1 saturated carbocycles. The second-order valence-electron chi connectivity index (χ2n) is 5.30. The van der Waals surface area contributed by atoms with Crippen molar-refractivity contribution in [1.82, 2.24) is 0 Å². The lowest BCUT2D eigenvalue weighted by atomic mass is 10.0. The molecule has 0 radical (unpaired) electrons. The van der Waals surface area contributed by atoms with Gasteiger partial charge in [0.05, 0.1) is 22.7 Å². The molecule has 1 aromatic carbocycles. The number of non-ortho nitro benzene ring substituents is 1. The summed E-state index contributed by atoms with van der Waals surface area (Å²) in [5, 5.41) is 20.8. The average molecular weight is 286 g/mol. The first kappa shape index (κ1) is 14.6. The number of aliphatic hydroxyl groups is 1. The number of hydrogen-bond acceptors (Lipinski definition) is 4. The maximum Gasteiger partial charge on any atom is 0.275 e. The molecule has 5 nitrogen and oxygen atoms in total. The number of rotatable bonds is 4. The van der Waals surface area contributed by atoms with E-state index in [1.165, 1.54) is 11.9 Å². The Morgan fingerprint density at radius 1 is 1.35 bits per heavy atom. The number of anilines is 1. The van der Waals surface area contributed by atoms with Gasteiger partial charge in [-0.2, -0.15) is 0 Å². The number of halogens is 2. The van der Waals surface area contributed by atoms with Crippen molar-refractivity contribution in [2.75, 3.05) is 18.5 Å². The van der Waals surface area contributed by atoms with Crippen LogP contribution in [0.1, 0.15) is 25.7 Å². The van der Waals surface area contributed by atoms with E-state index in [1.807, 2.05) is 0 Å². The van der Waals surface area contributed by atoms with Gasteiger partial charge in [0, 0.05) is 13.6 Å². The van der Waals surface area contributed by atoms with Crippen LogP contribution in [-0.2, 0) is 0 Å². The minimum Gasteiger partial charge on any atom is -0.388 e. The highest BCUT2D eigenvalue weighted by molar-refractivity contribution is 5.53. The van der Waals surface area contributed by atoms with E-state index in [9.17, 15) is 24.0 Å². The number of likely N-dealkylation sites (N-methyl/N-ethyl adjacent to an activating group) is 1. The summed E-state index contributed by atoms with van der Waals surface area (Å²) in [5.74, 6) is -2.00. The standard InChI is InChI=1S/C13H16F2N2O3/c1-16(8-13(18)4-2-3-5-13)12-10(14)6-9(17(19)20)7-11(12)15/h6-7,18H,2-5,8H2,1H3. The highest BCUT2D eigenvalue weighted by atomic mass is 19.1.